The monoisotopic (exact) mass is 446 g/mol. The van der Waals surface area contributed by atoms with E-state index in [0.717, 1.165) is 17.8 Å². The molecule has 0 bridgehead atoms. The normalized spacial score (nSPS) is 26.8. The third-order valence-electron chi connectivity index (χ3n) is 8.34. The summed E-state index contributed by atoms with van der Waals surface area (Å²) in [5.41, 5.74) is 1.33. The zero-order chi connectivity index (χ0) is 23.0. The third-order valence-corrected chi connectivity index (χ3v) is 8.34. The van der Waals surface area contributed by atoms with Gasteiger partial charge in [-0.05, 0) is 67.8 Å². The zero-order valence-electron chi connectivity index (χ0n) is 20.4. The van der Waals surface area contributed by atoms with Crippen molar-refractivity contribution in [1.29, 1.82) is 0 Å². The molecule has 2 fully saturated rings. The average Bonchev–Trinajstić information content (AvgIpc) is 2.81. The minimum atomic E-state index is -3.30. The Labute approximate surface area is 194 Å². The first-order valence-corrected chi connectivity index (χ1v) is 13.4. The molecule has 1 aromatic carbocycles. The molecule has 1 nitrogen and oxygen atoms in total. The molecular formula is C29H44F2O. The lowest BCUT2D eigenvalue weighted by atomic mass is 9.68. The minimum absolute atomic E-state index is 0.118. The Bertz CT molecular complexity index is 674. The lowest BCUT2D eigenvalue weighted by Gasteiger charge is -2.38. The molecule has 1 aromatic rings. The molecule has 0 radical (unpaired) electrons. The molecule has 180 valence electrons. The number of ketones is 1. The van der Waals surface area contributed by atoms with Crippen molar-refractivity contribution in [2.45, 2.75) is 122 Å². The van der Waals surface area contributed by atoms with Crippen LogP contribution in [0, 0.1) is 17.8 Å². The van der Waals surface area contributed by atoms with Crippen molar-refractivity contribution in [3.05, 3.63) is 35.4 Å². The molecule has 0 aliphatic heterocycles. The third kappa shape index (κ3) is 7.39. The van der Waals surface area contributed by atoms with Crippen LogP contribution in [0.4, 0.5) is 8.78 Å². The average molecular weight is 447 g/mol. The Morgan fingerprint density at radius 1 is 0.812 bits per heavy atom. The van der Waals surface area contributed by atoms with Gasteiger partial charge < -0.3 is 0 Å². The molecular weight excluding hydrogens is 402 g/mol. The molecule has 2 saturated carbocycles. The highest BCUT2D eigenvalue weighted by molar-refractivity contribution is 6.01. The summed E-state index contributed by atoms with van der Waals surface area (Å²) in [6, 6.07) is 6.98. The van der Waals surface area contributed by atoms with Crippen molar-refractivity contribution >= 4 is 5.78 Å². The van der Waals surface area contributed by atoms with Crippen LogP contribution in [0.15, 0.2) is 24.3 Å². The topological polar surface area (TPSA) is 17.1 Å². The maximum atomic E-state index is 13.3. The number of hydrogen-bond donors (Lipinski definition) is 0. The van der Waals surface area contributed by atoms with E-state index in [1.54, 1.807) is 12.1 Å². The summed E-state index contributed by atoms with van der Waals surface area (Å²) < 4.78 is 26.5. The van der Waals surface area contributed by atoms with Gasteiger partial charge in [0.25, 0.3) is 0 Å². The molecule has 0 unspecified atom stereocenters. The number of benzene rings is 1. The highest BCUT2D eigenvalue weighted by Gasteiger charge is 2.34. The Hall–Kier alpha value is -1.25. The van der Waals surface area contributed by atoms with Crippen molar-refractivity contribution in [2.24, 2.45) is 17.8 Å². The Kier molecular flexibility index (Phi) is 9.74. The Morgan fingerprint density at radius 3 is 1.91 bits per heavy atom. The Morgan fingerprint density at radius 2 is 1.34 bits per heavy atom. The van der Waals surface area contributed by atoms with Crippen molar-refractivity contribution in [1.82, 2.24) is 0 Å². The van der Waals surface area contributed by atoms with E-state index in [-0.39, 0.29) is 5.56 Å². The molecule has 3 rings (SSSR count). The minimum Gasteiger partial charge on any atom is -0.287 e. The molecule has 0 spiro atoms. The first-order chi connectivity index (χ1) is 15.4. The molecule has 0 aromatic heterocycles. The van der Waals surface area contributed by atoms with Crippen molar-refractivity contribution in [3.8, 4) is 0 Å². The van der Waals surface area contributed by atoms with Crippen LogP contribution >= 0.6 is 0 Å². The van der Waals surface area contributed by atoms with E-state index >= 15 is 0 Å². The fourth-order valence-corrected chi connectivity index (χ4v) is 6.25. The second-order valence-electron chi connectivity index (χ2n) is 10.8. The highest BCUT2D eigenvalue weighted by Crippen LogP contribution is 2.44. The van der Waals surface area contributed by atoms with E-state index in [1.807, 2.05) is 12.1 Å². The summed E-state index contributed by atoms with van der Waals surface area (Å²) in [7, 11) is 0. The number of Topliss-reactive ketones (excluding diaryl/α,β-unsaturated/α-hetero) is 1. The van der Waals surface area contributed by atoms with Gasteiger partial charge in [0, 0.05) is 12.5 Å². The summed E-state index contributed by atoms with van der Waals surface area (Å²) in [5, 5.41) is 0. The van der Waals surface area contributed by atoms with Gasteiger partial charge in [0.15, 0.2) is 0 Å². The number of carbonyl (C=O) groups excluding carboxylic acids is 1. The standard InChI is InChI=1S/C29H44F2O/c1-3-4-5-6-7-8-9-22-10-12-23(13-11-22)24-14-16-25(17-15-24)26-18-20-27(21-19-26)28(32)29(2,30)31/h18-25H,3-17H2,1-2H3/t22-,23-,24?,25?. The predicted molar refractivity (Wildman–Crippen MR) is 130 cm³/mol. The fourth-order valence-electron chi connectivity index (χ4n) is 6.25. The number of alkyl halides is 2. The van der Waals surface area contributed by atoms with E-state index in [1.165, 1.54) is 102 Å². The highest BCUT2D eigenvalue weighted by atomic mass is 19.3. The van der Waals surface area contributed by atoms with Crippen LogP contribution in [0.3, 0.4) is 0 Å². The number of unbranched alkanes of at least 4 members (excludes halogenated alkanes) is 5. The summed E-state index contributed by atoms with van der Waals surface area (Å²) >= 11 is 0. The van der Waals surface area contributed by atoms with Gasteiger partial charge in [-0.1, -0.05) is 89.0 Å². The van der Waals surface area contributed by atoms with E-state index < -0.39 is 11.7 Å². The van der Waals surface area contributed by atoms with Crippen LogP contribution in [0.25, 0.3) is 0 Å². The number of hydrogen-bond acceptors (Lipinski definition) is 1. The van der Waals surface area contributed by atoms with E-state index in [9.17, 15) is 13.6 Å². The first-order valence-electron chi connectivity index (χ1n) is 13.4. The van der Waals surface area contributed by atoms with Gasteiger partial charge in [-0.2, -0.15) is 8.78 Å². The number of halogens is 2. The second kappa shape index (κ2) is 12.3. The van der Waals surface area contributed by atoms with E-state index in [0.29, 0.717) is 12.8 Å². The quantitative estimate of drug-likeness (QED) is 0.244. The van der Waals surface area contributed by atoms with Gasteiger partial charge in [0.1, 0.15) is 0 Å². The first kappa shape index (κ1) is 25.4. The van der Waals surface area contributed by atoms with Crippen LogP contribution < -0.4 is 0 Å². The van der Waals surface area contributed by atoms with Gasteiger partial charge >= 0.3 is 5.92 Å². The second-order valence-corrected chi connectivity index (χ2v) is 10.8. The molecule has 3 heteroatoms. The number of rotatable bonds is 11. The molecule has 2 aliphatic rings. The van der Waals surface area contributed by atoms with Crippen LogP contribution in [-0.2, 0) is 0 Å². The summed E-state index contributed by atoms with van der Waals surface area (Å²) in [6.45, 7) is 2.96. The van der Waals surface area contributed by atoms with Gasteiger partial charge in [0.2, 0.25) is 5.78 Å². The Balaban J connectivity index is 1.36. The lowest BCUT2D eigenvalue weighted by Crippen LogP contribution is -2.25. The van der Waals surface area contributed by atoms with Gasteiger partial charge in [-0.25, -0.2) is 0 Å². The SMILES string of the molecule is CCCCCCCC[C@H]1CC[C@H](C2CCC(c3ccc(C(=O)C(C)(F)F)cc3)CC2)CC1. The summed E-state index contributed by atoms with van der Waals surface area (Å²) in [5.74, 6) is -1.09. The molecule has 0 atom stereocenters. The van der Waals surface area contributed by atoms with Gasteiger partial charge in [-0.3, -0.25) is 4.79 Å². The molecule has 0 saturated heterocycles. The smallest absolute Gasteiger partial charge is 0.287 e. The van der Waals surface area contributed by atoms with Crippen LogP contribution in [-0.4, -0.2) is 11.7 Å². The molecule has 32 heavy (non-hydrogen) atoms. The fraction of sp³-hybridized carbons (Fsp3) is 0.759. The van der Waals surface area contributed by atoms with Crippen LogP contribution in [0.1, 0.15) is 132 Å². The summed E-state index contributed by atoms with van der Waals surface area (Å²) in [6.07, 6.45) is 20.6. The molecule has 2 aliphatic carbocycles. The molecule has 0 N–H and O–H groups in total. The summed E-state index contributed by atoms with van der Waals surface area (Å²) in [4.78, 5) is 11.8. The van der Waals surface area contributed by atoms with Crippen LogP contribution in [0.5, 0.6) is 0 Å². The lowest BCUT2D eigenvalue weighted by molar-refractivity contribution is 0.0221. The van der Waals surface area contributed by atoms with E-state index in [4.69, 9.17) is 0 Å². The predicted octanol–water partition coefficient (Wildman–Crippen LogP) is 9.36. The zero-order valence-corrected chi connectivity index (χ0v) is 20.4. The van der Waals surface area contributed by atoms with Gasteiger partial charge in [-0.15, -0.1) is 0 Å². The van der Waals surface area contributed by atoms with Crippen molar-refractivity contribution in [2.75, 3.05) is 0 Å². The van der Waals surface area contributed by atoms with Crippen molar-refractivity contribution in [3.63, 3.8) is 0 Å². The van der Waals surface area contributed by atoms with Gasteiger partial charge in [0.05, 0.1) is 0 Å². The van der Waals surface area contributed by atoms with Crippen molar-refractivity contribution < 1.29 is 13.6 Å². The largest absolute Gasteiger partial charge is 0.307 e. The van der Waals surface area contributed by atoms with E-state index in [2.05, 4.69) is 6.92 Å². The molecule has 0 heterocycles. The number of carbonyl (C=O) groups is 1. The van der Waals surface area contributed by atoms with Crippen LogP contribution in [0.2, 0.25) is 0 Å². The maximum absolute atomic E-state index is 13.3. The molecule has 0 amide bonds. The maximum Gasteiger partial charge on any atom is 0.307 e.